The molecular weight excluding hydrogens is 314 g/mol. The summed E-state index contributed by atoms with van der Waals surface area (Å²) in [4.78, 5) is 26.5. The second kappa shape index (κ2) is 7.83. The fraction of sp³-hybridized carbons (Fsp3) is 0.300. The predicted octanol–water partition coefficient (Wildman–Crippen LogP) is 2.23. The Morgan fingerprint density at radius 1 is 1.00 bits per heavy atom. The first kappa shape index (κ1) is 17.0. The van der Waals surface area contributed by atoms with Crippen molar-refractivity contribution in [3.63, 3.8) is 0 Å². The highest BCUT2D eigenvalue weighted by molar-refractivity contribution is 5.94. The molecule has 2 aromatic carbocycles. The summed E-state index contributed by atoms with van der Waals surface area (Å²) in [6.07, 6.45) is 1.96. The molecule has 2 amide bonds. The zero-order valence-electron chi connectivity index (χ0n) is 14.2. The molecule has 1 saturated heterocycles. The number of nitrogens with two attached hydrogens (primary N) is 1. The van der Waals surface area contributed by atoms with Crippen LogP contribution in [0.4, 0.5) is 5.69 Å². The van der Waals surface area contributed by atoms with Crippen LogP contribution in [-0.4, -0.2) is 35.8 Å². The molecule has 0 aliphatic carbocycles. The third kappa shape index (κ3) is 4.59. The van der Waals surface area contributed by atoms with Gasteiger partial charge in [-0.25, -0.2) is 0 Å². The van der Waals surface area contributed by atoms with E-state index in [0.29, 0.717) is 30.8 Å². The van der Waals surface area contributed by atoms with Crippen LogP contribution in [0.3, 0.4) is 0 Å². The van der Waals surface area contributed by atoms with E-state index in [9.17, 15) is 9.59 Å². The van der Waals surface area contributed by atoms with E-state index in [-0.39, 0.29) is 17.9 Å². The number of anilines is 1. The zero-order valence-corrected chi connectivity index (χ0v) is 14.2. The standard InChI is InChI=1S/C20H23N3O2/c21-17-8-6-15(7-9-17)14-19(24)23-12-10-18(11-13-23)22-20(25)16-4-2-1-3-5-16/h1-9,18H,10-14,21H2,(H,22,25). The second-order valence-corrected chi connectivity index (χ2v) is 6.41. The summed E-state index contributed by atoms with van der Waals surface area (Å²) >= 11 is 0. The van der Waals surface area contributed by atoms with E-state index in [1.165, 1.54) is 0 Å². The monoisotopic (exact) mass is 337 g/mol. The van der Waals surface area contributed by atoms with Gasteiger partial charge in [0, 0.05) is 30.4 Å². The summed E-state index contributed by atoms with van der Waals surface area (Å²) in [7, 11) is 0. The van der Waals surface area contributed by atoms with Gasteiger partial charge in [0.15, 0.2) is 0 Å². The summed E-state index contributed by atoms with van der Waals surface area (Å²) in [5, 5.41) is 3.06. The smallest absolute Gasteiger partial charge is 0.251 e. The minimum atomic E-state index is -0.0488. The number of nitrogen functional groups attached to an aromatic ring is 1. The molecule has 25 heavy (non-hydrogen) atoms. The van der Waals surface area contributed by atoms with Crippen molar-refractivity contribution < 1.29 is 9.59 Å². The average Bonchev–Trinajstić information content (AvgIpc) is 2.65. The van der Waals surface area contributed by atoms with E-state index in [4.69, 9.17) is 5.73 Å². The van der Waals surface area contributed by atoms with Crippen LogP contribution in [0.2, 0.25) is 0 Å². The molecule has 0 spiro atoms. The highest BCUT2D eigenvalue weighted by Crippen LogP contribution is 2.14. The van der Waals surface area contributed by atoms with Gasteiger partial charge in [0.25, 0.3) is 5.91 Å². The van der Waals surface area contributed by atoms with Crippen LogP contribution in [0.5, 0.6) is 0 Å². The Morgan fingerprint density at radius 3 is 2.28 bits per heavy atom. The second-order valence-electron chi connectivity index (χ2n) is 6.41. The molecule has 0 unspecified atom stereocenters. The van der Waals surface area contributed by atoms with Crippen LogP contribution in [-0.2, 0) is 11.2 Å². The Morgan fingerprint density at radius 2 is 1.64 bits per heavy atom. The molecule has 3 rings (SSSR count). The molecule has 0 aromatic heterocycles. The van der Waals surface area contributed by atoms with Crippen LogP contribution in [0.1, 0.15) is 28.8 Å². The van der Waals surface area contributed by atoms with Gasteiger partial charge in [-0.05, 0) is 42.7 Å². The fourth-order valence-electron chi connectivity index (χ4n) is 3.05. The summed E-state index contributed by atoms with van der Waals surface area (Å²) in [5.41, 5.74) is 8.01. The van der Waals surface area contributed by atoms with Gasteiger partial charge in [-0.2, -0.15) is 0 Å². The summed E-state index contributed by atoms with van der Waals surface area (Å²) < 4.78 is 0. The number of likely N-dealkylation sites (tertiary alicyclic amines) is 1. The molecule has 2 aromatic rings. The van der Waals surface area contributed by atoms with E-state index in [1.807, 2.05) is 47.4 Å². The molecular formula is C20H23N3O2. The molecule has 1 heterocycles. The number of nitrogens with zero attached hydrogens (tertiary/aromatic N) is 1. The first-order valence-electron chi connectivity index (χ1n) is 8.60. The number of carbonyl (C=O) groups excluding carboxylic acids is 2. The van der Waals surface area contributed by atoms with Crippen LogP contribution >= 0.6 is 0 Å². The zero-order chi connectivity index (χ0) is 17.6. The molecule has 0 bridgehead atoms. The van der Waals surface area contributed by atoms with Gasteiger partial charge in [0.1, 0.15) is 0 Å². The summed E-state index contributed by atoms with van der Waals surface area (Å²) in [5.74, 6) is 0.0739. The fourth-order valence-corrected chi connectivity index (χ4v) is 3.05. The number of benzene rings is 2. The molecule has 1 fully saturated rings. The topological polar surface area (TPSA) is 75.4 Å². The van der Waals surface area contributed by atoms with Crippen molar-refractivity contribution in [2.24, 2.45) is 0 Å². The van der Waals surface area contributed by atoms with Crippen LogP contribution in [0.25, 0.3) is 0 Å². The van der Waals surface area contributed by atoms with Gasteiger partial charge in [-0.1, -0.05) is 30.3 Å². The van der Waals surface area contributed by atoms with E-state index >= 15 is 0 Å². The van der Waals surface area contributed by atoms with E-state index in [0.717, 1.165) is 18.4 Å². The number of carbonyl (C=O) groups is 2. The first-order valence-corrected chi connectivity index (χ1v) is 8.60. The largest absolute Gasteiger partial charge is 0.399 e. The minimum absolute atomic E-state index is 0.0488. The SMILES string of the molecule is Nc1ccc(CC(=O)N2CCC(NC(=O)c3ccccc3)CC2)cc1. The van der Waals surface area contributed by atoms with E-state index < -0.39 is 0 Å². The minimum Gasteiger partial charge on any atom is -0.399 e. The normalized spacial score (nSPS) is 15.0. The number of rotatable bonds is 4. The van der Waals surface area contributed by atoms with Gasteiger partial charge in [0.05, 0.1) is 6.42 Å². The lowest BCUT2D eigenvalue weighted by molar-refractivity contribution is -0.131. The van der Waals surface area contributed by atoms with Gasteiger partial charge in [0.2, 0.25) is 5.91 Å². The maximum Gasteiger partial charge on any atom is 0.251 e. The Kier molecular flexibility index (Phi) is 5.33. The van der Waals surface area contributed by atoms with Crippen LogP contribution < -0.4 is 11.1 Å². The third-order valence-electron chi connectivity index (χ3n) is 4.55. The van der Waals surface area contributed by atoms with Crippen molar-refractivity contribution in [1.29, 1.82) is 0 Å². The van der Waals surface area contributed by atoms with Crippen LogP contribution in [0.15, 0.2) is 54.6 Å². The summed E-state index contributed by atoms with van der Waals surface area (Å²) in [6, 6.07) is 16.7. The molecule has 0 atom stereocenters. The molecule has 0 radical (unpaired) electrons. The number of hydrogen-bond acceptors (Lipinski definition) is 3. The van der Waals surface area contributed by atoms with E-state index in [1.54, 1.807) is 12.1 Å². The highest BCUT2D eigenvalue weighted by Gasteiger charge is 2.24. The Balaban J connectivity index is 1.47. The Hall–Kier alpha value is -2.82. The van der Waals surface area contributed by atoms with Crippen molar-refractivity contribution in [2.45, 2.75) is 25.3 Å². The van der Waals surface area contributed by atoms with Gasteiger partial charge >= 0.3 is 0 Å². The number of nitrogens with one attached hydrogen (secondary N) is 1. The number of piperidine rings is 1. The predicted molar refractivity (Wildman–Crippen MR) is 98.1 cm³/mol. The molecule has 1 aliphatic heterocycles. The highest BCUT2D eigenvalue weighted by atomic mass is 16.2. The van der Waals surface area contributed by atoms with Gasteiger partial charge < -0.3 is 16.0 Å². The summed E-state index contributed by atoms with van der Waals surface area (Å²) in [6.45, 7) is 1.35. The quantitative estimate of drug-likeness (QED) is 0.840. The molecule has 1 aliphatic rings. The third-order valence-corrected chi connectivity index (χ3v) is 4.55. The van der Waals surface area contributed by atoms with E-state index in [2.05, 4.69) is 5.32 Å². The number of hydrogen-bond donors (Lipinski definition) is 2. The lowest BCUT2D eigenvalue weighted by atomic mass is 10.0. The van der Waals surface area contributed by atoms with Crippen LogP contribution in [0, 0.1) is 0 Å². The van der Waals surface area contributed by atoms with Crippen molar-refractivity contribution in [2.75, 3.05) is 18.8 Å². The Bertz CT molecular complexity index is 720. The van der Waals surface area contributed by atoms with Crippen molar-refractivity contribution in [1.82, 2.24) is 10.2 Å². The first-order chi connectivity index (χ1) is 12.1. The van der Waals surface area contributed by atoms with Crippen molar-refractivity contribution in [3.05, 3.63) is 65.7 Å². The van der Waals surface area contributed by atoms with Gasteiger partial charge in [-0.3, -0.25) is 9.59 Å². The molecule has 3 N–H and O–H groups in total. The van der Waals surface area contributed by atoms with Gasteiger partial charge in [-0.15, -0.1) is 0 Å². The van der Waals surface area contributed by atoms with Crippen molar-refractivity contribution in [3.8, 4) is 0 Å². The average molecular weight is 337 g/mol. The molecule has 5 heteroatoms. The lowest BCUT2D eigenvalue weighted by Crippen LogP contribution is -2.46. The maximum atomic E-state index is 12.4. The molecule has 130 valence electrons. The Labute approximate surface area is 147 Å². The molecule has 0 saturated carbocycles. The molecule has 5 nitrogen and oxygen atoms in total. The number of amides is 2. The van der Waals surface area contributed by atoms with Crippen molar-refractivity contribution >= 4 is 17.5 Å². The lowest BCUT2D eigenvalue weighted by Gasteiger charge is -2.32. The maximum absolute atomic E-state index is 12.4.